The second kappa shape index (κ2) is 5.69. The van der Waals surface area contributed by atoms with Crippen LogP contribution in [0.3, 0.4) is 0 Å². The third-order valence-corrected chi connectivity index (χ3v) is 4.03. The quantitative estimate of drug-likeness (QED) is 0.766. The summed E-state index contributed by atoms with van der Waals surface area (Å²) in [5, 5.41) is 0. The first-order chi connectivity index (χ1) is 9.75. The molecule has 0 bridgehead atoms. The molecule has 0 saturated carbocycles. The van der Waals surface area contributed by atoms with Crippen LogP contribution < -0.4 is 11.5 Å². The number of aromatic nitrogens is 2. The number of hydrogen-bond acceptors (Lipinski definition) is 4. The molecule has 104 valence electrons. The van der Waals surface area contributed by atoms with E-state index in [1.165, 1.54) is 22.5 Å². The summed E-state index contributed by atoms with van der Waals surface area (Å²) in [5.74, 6) is 0. The van der Waals surface area contributed by atoms with E-state index in [-0.39, 0.29) is 12.1 Å². The maximum atomic E-state index is 5.81. The Kier molecular flexibility index (Phi) is 3.76. The first kappa shape index (κ1) is 13.2. The highest BCUT2D eigenvalue weighted by atomic mass is 14.7. The molecular formula is C16H20N4. The zero-order chi connectivity index (χ0) is 13.9. The van der Waals surface area contributed by atoms with Gasteiger partial charge >= 0.3 is 0 Å². The summed E-state index contributed by atoms with van der Waals surface area (Å²) in [6.07, 6.45) is 7.89. The Balaban J connectivity index is 0.000000121. The maximum Gasteiger partial charge on any atom is 0.0451 e. The van der Waals surface area contributed by atoms with Crippen molar-refractivity contribution in [2.24, 2.45) is 11.5 Å². The molecule has 2 heterocycles. The van der Waals surface area contributed by atoms with E-state index >= 15 is 0 Å². The summed E-state index contributed by atoms with van der Waals surface area (Å²) < 4.78 is 0. The van der Waals surface area contributed by atoms with Crippen LogP contribution in [0.2, 0.25) is 0 Å². The average molecular weight is 268 g/mol. The predicted octanol–water partition coefficient (Wildman–Crippen LogP) is 2.06. The van der Waals surface area contributed by atoms with Gasteiger partial charge < -0.3 is 11.5 Å². The molecule has 0 aromatic carbocycles. The Hall–Kier alpha value is -1.78. The number of aryl methyl sites for hydroxylation is 2. The van der Waals surface area contributed by atoms with Gasteiger partial charge in [-0.15, -0.1) is 0 Å². The first-order valence-corrected chi connectivity index (χ1v) is 7.14. The standard InChI is InChI=1S/2C8H10N2/c2*9-7-3-4-8-6(7)2-1-5-10-8/h2*1-2,5,7H,3-4,9H2/t2*7-/m10/s1. The molecule has 4 heteroatoms. The lowest BCUT2D eigenvalue weighted by molar-refractivity contribution is 0.712. The molecule has 4 nitrogen and oxygen atoms in total. The van der Waals surface area contributed by atoms with Crippen molar-refractivity contribution < 1.29 is 0 Å². The Bertz CT molecular complexity index is 543. The number of hydrogen-bond donors (Lipinski definition) is 2. The van der Waals surface area contributed by atoms with Crippen molar-refractivity contribution in [1.29, 1.82) is 0 Å². The van der Waals surface area contributed by atoms with Gasteiger partial charge in [0.2, 0.25) is 0 Å². The van der Waals surface area contributed by atoms with Crippen molar-refractivity contribution in [2.75, 3.05) is 0 Å². The van der Waals surface area contributed by atoms with Crippen LogP contribution >= 0.6 is 0 Å². The Morgan fingerprint density at radius 1 is 0.800 bits per heavy atom. The first-order valence-electron chi connectivity index (χ1n) is 7.14. The topological polar surface area (TPSA) is 77.8 Å². The van der Waals surface area contributed by atoms with Crippen LogP contribution in [0.4, 0.5) is 0 Å². The number of fused-ring (bicyclic) bond motifs is 2. The molecule has 0 unspecified atom stereocenters. The summed E-state index contributed by atoms with van der Waals surface area (Å²) in [6, 6.07) is 8.51. The molecule has 2 aliphatic rings. The monoisotopic (exact) mass is 268 g/mol. The lowest BCUT2D eigenvalue weighted by Gasteiger charge is -2.00. The normalized spacial score (nSPS) is 22.7. The second-order valence-corrected chi connectivity index (χ2v) is 5.37. The predicted molar refractivity (Wildman–Crippen MR) is 79.0 cm³/mol. The van der Waals surface area contributed by atoms with Crippen LogP contribution in [0, 0.1) is 0 Å². The van der Waals surface area contributed by atoms with Crippen molar-refractivity contribution in [3.05, 3.63) is 59.2 Å². The molecule has 4 N–H and O–H groups in total. The molecule has 0 fully saturated rings. The Morgan fingerprint density at radius 3 is 1.65 bits per heavy atom. The Morgan fingerprint density at radius 2 is 1.25 bits per heavy atom. The van der Waals surface area contributed by atoms with Gasteiger partial charge in [0.1, 0.15) is 0 Å². The van der Waals surface area contributed by atoms with Gasteiger partial charge in [0, 0.05) is 35.9 Å². The smallest absolute Gasteiger partial charge is 0.0451 e. The number of pyridine rings is 2. The van der Waals surface area contributed by atoms with Crippen molar-refractivity contribution in [3.8, 4) is 0 Å². The largest absolute Gasteiger partial charge is 0.324 e. The fourth-order valence-electron chi connectivity index (χ4n) is 2.89. The van der Waals surface area contributed by atoms with Crippen molar-refractivity contribution in [1.82, 2.24) is 9.97 Å². The van der Waals surface area contributed by atoms with Gasteiger partial charge in [-0.05, 0) is 48.9 Å². The second-order valence-electron chi connectivity index (χ2n) is 5.37. The van der Waals surface area contributed by atoms with Gasteiger partial charge in [-0.3, -0.25) is 9.97 Å². The fraction of sp³-hybridized carbons (Fsp3) is 0.375. The lowest BCUT2D eigenvalue weighted by Crippen LogP contribution is -2.04. The lowest BCUT2D eigenvalue weighted by atomic mass is 10.2. The number of rotatable bonds is 0. The number of nitrogens with two attached hydrogens (primary N) is 2. The van der Waals surface area contributed by atoms with E-state index in [9.17, 15) is 0 Å². The molecule has 2 aromatic heterocycles. The van der Waals surface area contributed by atoms with Gasteiger partial charge in [-0.2, -0.15) is 0 Å². The van der Waals surface area contributed by atoms with Gasteiger partial charge in [-0.25, -0.2) is 0 Å². The fourth-order valence-corrected chi connectivity index (χ4v) is 2.89. The van der Waals surface area contributed by atoms with Crippen LogP contribution in [0.15, 0.2) is 36.7 Å². The molecule has 4 rings (SSSR count). The van der Waals surface area contributed by atoms with E-state index in [0.29, 0.717) is 0 Å². The van der Waals surface area contributed by atoms with Crippen molar-refractivity contribution in [2.45, 2.75) is 37.8 Å². The molecule has 2 atom stereocenters. The van der Waals surface area contributed by atoms with E-state index in [1.807, 2.05) is 24.5 Å². The van der Waals surface area contributed by atoms with Gasteiger partial charge in [0.25, 0.3) is 0 Å². The summed E-state index contributed by atoms with van der Waals surface area (Å²) in [6.45, 7) is 0. The van der Waals surface area contributed by atoms with E-state index in [4.69, 9.17) is 11.5 Å². The van der Waals surface area contributed by atoms with Crippen LogP contribution in [0.5, 0.6) is 0 Å². The van der Waals surface area contributed by atoms with Crippen molar-refractivity contribution >= 4 is 0 Å². The minimum absolute atomic E-state index is 0.240. The molecule has 20 heavy (non-hydrogen) atoms. The molecular weight excluding hydrogens is 248 g/mol. The summed E-state index contributed by atoms with van der Waals surface area (Å²) in [4.78, 5) is 8.46. The van der Waals surface area contributed by atoms with E-state index < -0.39 is 0 Å². The van der Waals surface area contributed by atoms with E-state index in [0.717, 1.165) is 25.7 Å². The molecule has 0 saturated heterocycles. The van der Waals surface area contributed by atoms with Crippen LogP contribution in [-0.4, -0.2) is 9.97 Å². The highest BCUT2D eigenvalue weighted by Crippen LogP contribution is 2.27. The highest BCUT2D eigenvalue weighted by molar-refractivity contribution is 5.28. The van der Waals surface area contributed by atoms with Gasteiger partial charge in [-0.1, -0.05) is 12.1 Å². The summed E-state index contributed by atoms with van der Waals surface area (Å²) >= 11 is 0. The van der Waals surface area contributed by atoms with Crippen LogP contribution in [-0.2, 0) is 12.8 Å². The molecule has 0 amide bonds. The van der Waals surface area contributed by atoms with E-state index in [1.54, 1.807) is 0 Å². The van der Waals surface area contributed by atoms with E-state index in [2.05, 4.69) is 22.1 Å². The molecule has 2 aliphatic carbocycles. The maximum absolute atomic E-state index is 5.81. The molecule has 0 radical (unpaired) electrons. The van der Waals surface area contributed by atoms with Crippen molar-refractivity contribution in [3.63, 3.8) is 0 Å². The third-order valence-electron chi connectivity index (χ3n) is 4.03. The third kappa shape index (κ3) is 2.57. The molecule has 0 aliphatic heterocycles. The minimum atomic E-state index is 0.240. The minimum Gasteiger partial charge on any atom is -0.324 e. The number of nitrogens with zero attached hydrogens (tertiary/aromatic N) is 2. The summed E-state index contributed by atoms with van der Waals surface area (Å²) in [7, 11) is 0. The molecule has 0 spiro atoms. The SMILES string of the molecule is N[C@@H]1CCc2ncccc21.N[C@H]1CCc2ncccc21. The Labute approximate surface area is 119 Å². The average Bonchev–Trinajstić information content (AvgIpc) is 3.05. The zero-order valence-corrected chi connectivity index (χ0v) is 11.5. The zero-order valence-electron chi connectivity index (χ0n) is 11.5. The van der Waals surface area contributed by atoms with Gasteiger partial charge in [0.15, 0.2) is 0 Å². The van der Waals surface area contributed by atoms with Gasteiger partial charge in [0.05, 0.1) is 0 Å². The summed E-state index contributed by atoms with van der Waals surface area (Å²) in [5.41, 5.74) is 16.5. The van der Waals surface area contributed by atoms with Crippen LogP contribution in [0.1, 0.15) is 47.4 Å². The van der Waals surface area contributed by atoms with Crippen LogP contribution in [0.25, 0.3) is 0 Å². The molecule has 2 aromatic rings. The highest BCUT2D eigenvalue weighted by Gasteiger charge is 2.19.